The van der Waals surface area contributed by atoms with Crippen molar-refractivity contribution >= 4 is 23.6 Å². The monoisotopic (exact) mass is 734 g/mol. The van der Waals surface area contributed by atoms with Gasteiger partial charge in [0.25, 0.3) is 0 Å². The van der Waals surface area contributed by atoms with E-state index in [-0.39, 0.29) is 37.2 Å². The summed E-state index contributed by atoms with van der Waals surface area (Å²) < 4.78 is 1.51. The maximum absolute atomic E-state index is 2.55. The molecule has 246 valence electrons. The first-order chi connectivity index (χ1) is 21.6. The molecule has 1 aliphatic rings. The van der Waals surface area contributed by atoms with Gasteiger partial charge in [-0.05, 0) is 0 Å². The normalized spacial score (nSPS) is 12.6. The molecule has 0 atom stereocenters. The van der Waals surface area contributed by atoms with Crippen LogP contribution in [-0.4, -0.2) is 8.07 Å². The van der Waals surface area contributed by atoms with E-state index < -0.39 is 8.07 Å². The molecule has 0 N–H and O–H groups in total. The van der Waals surface area contributed by atoms with Crippen molar-refractivity contribution in [1.82, 2.24) is 0 Å². The Balaban J connectivity index is 0.00000256. The second-order valence-corrected chi connectivity index (χ2v) is 17.2. The van der Waals surface area contributed by atoms with E-state index in [4.69, 9.17) is 0 Å². The summed E-state index contributed by atoms with van der Waals surface area (Å²) in [6.07, 6.45) is 15.5. The van der Waals surface area contributed by atoms with Gasteiger partial charge in [-0.1, -0.05) is 0 Å². The number of allylic oxidation sites excluding steroid dienone is 4. The molecule has 0 aliphatic heterocycles. The quantitative estimate of drug-likeness (QED) is 0.120. The summed E-state index contributed by atoms with van der Waals surface area (Å²) in [5, 5.41) is 6.21. The molecule has 5 rings (SSSR count). The minimum atomic E-state index is -2.55. The van der Waals surface area contributed by atoms with Crippen LogP contribution in [0.25, 0.3) is 0 Å². The van der Waals surface area contributed by atoms with E-state index in [2.05, 4.69) is 150 Å². The minimum Gasteiger partial charge on any atom is -1.00 e. The summed E-state index contributed by atoms with van der Waals surface area (Å²) in [6, 6.07) is 40.6. The number of hydrogen-bond donors (Lipinski definition) is 0. The van der Waals surface area contributed by atoms with E-state index in [1.807, 2.05) is 0 Å². The van der Waals surface area contributed by atoms with Crippen LogP contribution in [0.3, 0.4) is 0 Å². The van der Waals surface area contributed by atoms with E-state index in [0.29, 0.717) is 0 Å². The predicted molar refractivity (Wildman–Crippen MR) is 190 cm³/mol. The first-order valence-corrected chi connectivity index (χ1v) is 19.8. The molecule has 4 aromatic carbocycles. The van der Waals surface area contributed by atoms with E-state index in [0.717, 1.165) is 32.1 Å². The van der Waals surface area contributed by atoms with Crippen molar-refractivity contribution in [3.05, 3.63) is 146 Å². The van der Waals surface area contributed by atoms with E-state index in [1.165, 1.54) is 85.8 Å². The Morgan fingerprint density at radius 1 is 0.511 bits per heavy atom. The van der Waals surface area contributed by atoms with Crippen molar-refractivity contribution in [3.63, 3.8) is 0 Å². The summed E-state index contributed by atoms with van der Waals surface area (Å²) >= 11 is 2.42. The van der Waals surface area contributed by atoms with Crippen molar-refractivity contribution < 1.29 is 57.7 Å². The maximum atomic E-state index is 2.54. The van der Waals surface area contributed by atoms with Crippen molar-refractivity contribution in [2.75, 3.05) is 0 Å². The van der Waals surface area contributed by atoms with Gasteiger partial charge in [-0.15, -0.1) is 0 Å². The average molecular weight is 736 g/mol. The number of hydrogen-bond acceptors (Lipinski definition) is 0. The molecule has 47 heavy (non-hydrogen) atoms. The van der Waals surface area contributed by atoms with Gasteiger partial charge in [0.2, 0.25) is 0 Å². The average Bonchev–Trinajstić information content (AvgIpc) is 3.43. The standard InChI is InChI=1S/C42H49Si.3ClH.Ti/c1-4-7-13-34-18-25-39(26-19-34)43(40-27-20-35(21-28-40)14-8-5-2,41-29-22-36(23-30-41)15-9-6-3)42-31-24-38(33-42)32-37-16-11-10-12-17-37;;;;/h10-12,16-30H,4-9,13-15,31-32H2,1-3H3;3*1H;/q;;;;+3/p-3. The van der Waals surface area contributed by atoms with E-state index >= 15 is 0 Å². The summed E-state index contributed by atoms with van der Waals surface area (Å²) in [7, 11) is -2.55. The fourth-order valence-corrected chi connectivity index (χ4v) is 13.2. The third-order valence-electron chi connectivity index (χ3n) is 9.48. The summed E-state index contributed by atoms with van der Waals surface area (Å²) in [6.45, 7) is 6.86. The van der Waals surface area contributed by atoms with Gasteiger partial charge in [0, 0.05) is 0 Å². The zero-order valence-corrected chi connectivity index (χ0v) is 33.1. The summed E-state index contributed by atoms with van der Waals surface area (Å²) in [5.41, 5.74) is 7.28. The van der Waals surface area contributed by atoms with Crippen LogP contribution in [0.2, 0.25) is 0 Å². The van der Waals surface area contributed by atoms with Crippen LogP contribution in [0.15, 0.2) is 124 Å². The van der Waals surface area contributed by atoms with Gasteiger partial charge >= 0.3 is 282 Å². The van der Waals surface area contributed by atoms with Crippen LogP contribution in [0.1, 0.15) is 88.0 Å². The zero-order valence-electron chi connectivity index (χ0n) is 28.3. The molecule has 0 unspecified atom stereocenters. The van der Waals surface area contributed by atoms with Gasteiger partial charge in [0.1, 0.15) is 0 Å². The number of halogens is 3. The molecule has 4 aromatic rings. The summed E-state index contributed by atoms with van der Waals surface area (Å²) in [4.78, 5) is 0. The van der Waals surface area contributed by atoms with Crippen LogP contribution in [0, 0.1) is 0 Å². The van der Waals surface area contributed by atoms with Crippen LogP contribution < -0.4 is 52.8 Å². The molecule has 0 amide bonds. The molecule has 5 heteroatoms. The predicted octanol–water partition coefficient (Wildman–Crippen LogP) is 0.110. The number of rotatable bonds is 15. The SMILES string of the molecule is CCCCc1ccc([Si](C2=[C]([Ti+3])C(Cc3ccccc3)=CC2)(c2ccc(CCCC)cc2)c2ccc(CCCC)cc2)cc1.[Cl-].[Cl-].[Cl-]. The molecule has 0 fully saturated rings. The van der Waals surface area contributed by atoms with Crippen molar-refractivity contribution in [1.29, 1.82) is 0 Å². The maximum Gasteiger partial charge on any atom is -1.00 e. The topological polar surface area (TPSA) is 0 Å². The van der Waals surface area contributed by atoms with Gasteiger partial charge in [0.15, 0.2) is 0 Å². The molecule has 1 aliphatic carbocycles. The number of unbranched alkanes of at least 4 members (excludes halogenated alkanes) is 3. The molecular weight excluding hydrogens is 687 g/mol. The first kappa shape index (κ1) is 41.3. The second-order valence-electron chi connectivity index (χ2n) is 12.6. The van der Waals surface area contributed by atoms with Gasteiger partial charge in [-0.25, -0.2) is 0 Å². The van der Waals surface area contributed by atoms with Gasteiger partial charge < -0.3 is 37.2 Å². The molecule has 0 heterocycles. The molecule has 0 nitrogen and oxygen atoms in total. The largest absolute Gasteiger partial charge is 1.00 e. The molecule has 0 radical (unpaired) electrons. The molecule has 0 aromatic heterocycles. The Hall–Kier alpha value is -1.84. The van der Waals surface area contributed by atoms with Gasteiger partial charge in [-0.3, -0.25) is 0 Å². The van der Waals surface area contributed by atoms with Crippen LogP contribution in [0.5, 0.6) is 0 Å². The molecular formula is C42H49Cl3SiTi. The Morgan fingerprint density at radius 3 is 1.26 bits per heavy atom. The van der Waals surface area contributed by atoms with Crippen LogP contribution in [0.4, 0.5) is 0 Å². The summed E-state index contributed by atoms with van der Waals surface area (Å²) in [5.74, 6) is 0. The molecule has 0 saturated heterocycles. The van der Waals surface area contributed by atoms with Crippen LogP contribution in [-0.2, 0) is 46.1 Å². The second kappa shape index (κ2) is 20.6. The van der Waals surface area contributed by atoms with Gasteiger partial charge in [0.05, 0.1) is 0 Å². The Bertz CT molecular complexity index is 1420. The van der Waals surface area contributed by atoms with E-state index in [9.17, 15) is 0 Å². The smallest absolute Gasteiger partial charge is 1.00 e. The Labute approximate surface area is 316 Å². The number of aryl methyl sites for hydroxylation is 3. The van der Waals surface area contributed by atoms with Crippen molar-refractivity contribution in [3.8, 4) is 0 Å². The fraction of sp³-hybridized carbons (Fsp3) is 0.333. The molecule has 0 saturated carbocycles. The minimum absolute atomic E-state index is 0. The Kier molecular flexibility index (Phi) is 18.1. The first-order valence-electron chi connectivity index (χ1n) is 17.1. The molecule has 0 bridgehead atoms. The third-order valence-corrected chi connectivity index (χ3v) is 15.8. The van der Waals surface area contributed by atoms with Crippen molar-refractivity contribution in [2.45, 2.75) is 91.4 Å². The van der Waals surface area contributed by atoms with E-state index in [1.54, 1.807) is 5.20 Å². The zero-order chi connectivity index (χ0) is 30.8. The third kappa shape index (κ3) is 9.87. The van der Waals surface area contributed by atoms with Gasteiger partial charge in [-0.2, -0.15) is 0 Å². The number of benzene rings is 4. The van der Waals surface area contributed by atoms with Crippen molar-refractivity contribution in [2.24, 2.45) is 0 Å². The fourth-order valence-electron chi connectivity index (χ4n) is 6.87. The molecule has 0 spiro atoms. The van der Waals surface area contributed by atoms with Crippen LogP contribution >= 0.6 is 0 Å². The Morgan fingerprint density at radius 2 is 0.894 bits per heavy atom.